The van der Waals surface area contributed by atoms with Gasteiger partial charge in [0, 0.05) is 6.20 Å². The van der Waals surface area contributed by atoms with Crippen molar-refractivity contribution in [1.29, 1.82) is 0 Å². The molecule has 4 nitrogen and oxygen atoms in total. The van der Waals surface area contributed by atoms with Gasteiger partial charge in [0.1, 0.15) is 12.0 Å². The molecule has 13 heavy (non-hydrogen) atoms. The van der Waals surface area contributed by atoms with Gasteiger partial charge in [-0.15, -0.1) is 0 Å². The second-order valence-electron chi connectivity index (χ2n) is 2.54. The van der Waals surface area contributed by atoms with E-state index in [1.165, 1.54) is 6.33 Å². The van der Waals surface area contributed by atoms with E-state index in [2.05, 4.69) is 15.0 Å². The smallest absolute Gasteiger partial charge is 0.116 e. The molecule has 0 amide bonds. The third-order valence-corrected chi connectivity index (χ3v) is 1.65. The lowest BCUT2D eigenvalue weighted by atomic mass is 10.2. The maximum atomic E-state index is 5.69. The van der Waals surface area contributed by atoms with Gasteiger partial charge in [0.2, 0.25) is 0 Å². The Balaban J connectivity index is 2.54. The van der Waals surface area contributed by atoms with Gasteiger partial charge in [-0.25, -0.2) is 9.97 Å². The van der Waals surface area contributed by atoms with Crippen LogP contribution in [0.25, 0.3) is 11.4 Å². The molecule has 64 valence electrons. The lowest BCUT2D eigenvalue weighted by Gasteiger charge is -2.00. The second-order valence-corrected chi connectivity index (χ2v) is 2.54. The van der Waals surface area contributed by atoms with Crippen LogP contribution in [0.1, 0.15) is 0 Å². The Morgan fingerprint density at radius 2 is 2.08 bits per heavy atom. The molecule has 4 heteroatoms. The van der Waals surface area contributed by atoms with E-state index in [0.29, 0.717) is 11.4 Å². The predicted octanol–water partition coefficient (Wildman–Crippen LogP) is 1.12. The molecule has 0 aliphatic carbocycles. The Bertz CT molecular complexity index is 399. The quantitative estimate of drug-likeness (QED) is 0.700. The number of hydrogen-bond acceptors (Lipinski definition) is 4. The van der Waals surface area contributed by atoms with Crippen LogP contribution in [0, 0.1) is 0 Å². The standard InChI is InChI=1S/C9H8N4/c10-7-5-11-6-13-9(7)8-3-1-2-4-12-8/h1-6H,10H2. The molecule has 2 N–H and O–H groups in total. The summed E-state index contributed by atoms with van der Waals surface area (Å²) < 4.78 is 0. The van der Waals surface area contributed by atoms with Crippen molar-refractivity contribution in [2.75, 3.05) is 5.73 Å². The summed E-state index contributed by atoms with van der Waals surface area (Å²) >= 11 is 0. The number of pyridine rings is 1. The van der Waals surface area contributed by atoms with Gasteiger partial charge >= 0.3 is 0 Å². The minimum Gasteiger partial charge on any atom is -0.396 e. The van der Waals surface area contributed by atoms with Crippen molar-refractivity contribution in [2.24, 2.45) is 0 Å². The van der Waals surface area contributed by atoms with Crippen LogP contribution in [0.4, 0.5) is 5.69 Å². The first-order valence-corrected chi connectivity index (χ1v) is 3.85. The van der Waals surface area contributed by atoms with E-state index in [4.69, 9.17) is 5.73 Å². The Hall–Kier alpha value is -1.97. The van der Waals surface area contributed by atoms with Gasteiger partial charge < -0.3 is 5.73 Å². The topological polar surface area (TPSA) is 64.7 Å². The molecular weight excluding hydrogens is 164 g/mol. The Labute approximate surface area is 75.5 Å². The average molecular weight is 172 g/mol. The molecule has 0 saturated heterocycles. The zero-order chi connectivity index (χ0) is 9.10. The van der Waals surface area contributed by atoms with E-state index in [1.54, 1.807) is 12.4 Å². The van der Waals surface area contributed by atoms with Crippen molar-refractivity contribution in [3.63, 3.8) is 0 Å². The molecule has 0 bridgehead atoms. The summed E-state index contributed by atoms with van der Waals surface area (Å²) in [6.07, 6.45) is 4.73. The molecule has 0 atom stereocenters. The molecule has 0 aliphatic rings. The van der Waals surface area contributed by atoms with Crippen molar-refractivity contribution in [3.8, 4) is 11.4 Å². The van der Waals surface area contributed by atoms with E-state index in [0.717, 1.165) is 5.69 Å². The summed E-state index contributed by atoms with van der Waals surface area (Å²) in [7, 11) is 0. The van der Waals surface area contributed by atoms with Crippen molar-refractivity contribution >= 4 is 5.69 Å². The second kappa shape index (κ2) is 3.18. The van der Waals surface area contributed by atoms with Crippen molar-refractivity contribution in [3.05, 3.63) is 36.9 Å². The highest BCUT2D eigenvalue weighted by atomic mass is 14.9. The van der Waals surface area contributed by atoms with Crippen LogP contribution in [0.15, 0.2) is 36.9 Å². The maximum Gasteiger partial charge on any atom is 0.116 e. The van der Waals surface area contributed by atoms with Gasteiger partial charge in [-0.3, -0.25) is 4.98 Å². The molecule has 0 unspecified atom stereocenters. The first-order valence-electron chi connectivity index (χ1n) is 3.85. The predicted molar refractivity (Wildman–Crippen MR) is 49.7 cm³/mol. The molecule has 0 spiro atoms. The number of nitrogens with zero attached hydrogens (tertiary/aromatic N) is 3. The van der Waals surface area contributed by atoms with Crippen molar-refractivity contribution in [1.82, 2.24) is 15.0 Å². The number of nitrogens with two attached hydrogens (primary N) is 1. The molecule has 0 aromatic carbocycles. The van der Waals surface area contributed by atoms with Crippen molar-refractivity contribution in [2.45, 2.75) is 0 Å². The fourth-order valence-corrected chi connectivity index (χ4v) is 1.06. The van der Waals surface area contributed by atoms with Gasteiger partial charge in [-0.1, -0.05) is 6.07 Å². The van der Waals surface area contributed by atoms with Crippen LogP contribution >= 0.6 is 0 Å². The highest BCUT2D eigenvalue weighted by Gasteiger charge is 2.02. The van der Waals surface area contributed by atoms with Gasteiger partial charge in [0.25, 0.3) is 0 Å². The van der Waals surface area contributed by atoms with Crippen LogP contribution in [0.2, 0.25) is 0 Å². The maximum absolute atomic E-state index is 5.69. The molecule has 0 saturated carbocycles. The molecule has 0 radical (unpaired) electrons. The van der Waals surface area contributed by atoms with E-state index in [9.17, 15) is 0 Å². The largest absolute Gasteiger partial charge is 0.396 e. The fourth-order valence-electron chi connectivity index (χ4n) is 1.06. The SMILES string of the molecule is Nc1cncnc1-c1ccccn1. The number of rotatable bonds is 1. The molecule has 0 aliphatic heterocycles. The van der Waals surface area contributed by atoms with Gasteiger partial charge in [-0.05, 0) is 12.1 Å². The third-order valence-electron chi connectivity index (χ3n) is 1.65. The average Bonchev–Trinajstić information content (AvgIpc) is 2.20. The third kappa shape index (κ3) is 1.46. The van der Waals surface area contributed by atoms with Crippen LogP contribution in [-0.4, -0.2) is 15.0 Å². The number of aromatic nitrogens is 3. The van der Waals surface area contributed by atoms with E-state index in [-0.39, 0.29) is 0 Å². The fraction of sp³-hybridized carbons (Fsp3) is 0. The zero-order valence-electron chi connectivity index (χ0n) is 6.88. The summed E-state index contributed by atoms with van der Waals surface area (Å²) in [4.78, 5) is 12.0. The van der Waals surface area contributed by atoms with E-state index >= 15 is 0 Å². The molecular formula is C9H8N4. The number of nitrogen functional groups attached to an aromatic ring is 1. The lowest BCUT2D eigenvalue weighted by molar-refractivity contribution is 1.16. The Morgan fingerprint density at radius 1 is 1.15 bits per heavy atom. The van der Waals surface area contributed by atoms with Gasteiger partial charge in [0.15, 0.2) is 0 Å². The molecule has 2 rings (SSSR count). The highest BCUT2D eigenvalue weighted by Crippen LogP contribution is 2.18. The molecule has 2 heterocycles. The van der Waals surface area contributed by atoms with Crippen molar-refractivity contribution < 1.29 is 0 Å². The summed E-state index contributed by atoms with van der Waals surface area (Å²) in [5.74, 6) is 0. The van der Waals surface area contributed by atoms with E-state index < -0.39 is 0 Å². The Kier molecular flexibility index (Phi) is 1.88. The summed E-state index contributed by atoms with van der Waals surface area (Å²) in [6, 6.07) is 5.60. The first kappa shape index (κ1) is 7.67. The monoisotopic (exact) mass is 172 g/mol. The zero-order valence-corrected chi connectivity index (χ0v) is 6.88. The molecule has 0 fully saturated rings. The minimum absolute atomic E-state index is 0.543. The molecule has 2 aromatic heterocycles. The van der Waals surface area contributed by atoms with E-state index in [1.807, 2.05) is 18.2 Å². The van der Waals surface area contributed by atoms with Crippen LogP contribution < -0.4 is 5.73 Å². The summed E-state index contributed by atoms with van der Waals surface area (Å²) in [5.41, 5.74) is 7.67. The summed E-state index contributed by atoms with van der Waals surface area (Å²) in [5, 5.41) is 0. The lowest BCUT2D eigenvalue weighted by Crippen LogP contribution is -1.95. The molecule has 2 aromatic rings. The first-order chi connectivity index (χ1) is 6.38. The van der Waals surface area contributed by atoms with Crippen LogP contribution in [-0.2, 0) is 0 Å². The highest BCUT2D eigenvalue weighted by molar-refractivity contribution is 5.67. The number of hydrogen-bond donors (Lipinski definition) is 1. The summed E-state index contributed by atoms with van der Waals surface area (Å²) in [6.45, 7) is 0. The van der Waals surface area contributed by atoms with Crippen LogP contribution in [0.5, 0.6) is 0 Å². The van der Waals surface area contributed by atoms with Crippen LogP contribution in [0.3, 0.4) is 0 Å². The number of anilines is 1. The van der Waals surface area contributed by atoms with Gasteiger partial charge in [-0.2, -0.15) is 0 Å². The van der Waals surface area contributed by atoms with Gasteiger partial charge in [0.05, 0.1) is 17.6 Å². The normalized spacial score (nSPS) is 9.85. The Morgan fingerprint density at radius 3 is 2.77 bits per heavy atom. The minimum atomic E-state index is 0.543.